The van der Waals surface area contributed by atoms with Crippen molar-refractivity contribution >= 4 is 30.1 Å². The Hall–Kier alpha value is -1.70. The molecule has 0 unspecified atom stereocenters. The van der Waals surface area contributed by atoms with E-state index < -0.39 is 35.7 Å². The Balaban J connectivity index is 2.06. The summed E-state index contributed by atoms with van der Waals surface area (Å²) in [7, 11) is -0.756. The van der Waals surface area contributed by atoms with E-state index in [0.717, 1.165) is 23.1 Å². The van der Waals surface area contributed by atoms with Crippen LogP contribution in [0.3, 0.4) is 0 Å². The standard InChI is InChI=1S/C22H25BF2O3S/c1-6-29-13-14-7-9-16(20(26)17-10-8-15(24)12-19(17)25)18(11-14)23-27-21(2,3)22(4,5)28-23/h7-12H,6,13H2,1-5H3. The summed E-state index contributed by atoms with van der Waals surface area (Å²) in [6, 6.07) is 8.38. The van der Waals surface area contributed by atoms with E-state index in [4.69, 9.17) is 9.31 Å². The van der Waals surface area contributed by atoms with Crippen LogP contribution in [0.4, 0.5) is 8.78 Å². The zero-order chi connectivity index (χ0) is 21.4. The Labute approximate surface area is 175 Å². The molecule has 0 spiro atoms. The van der Waals surface area contributed by atoms with Crippen LogP contribution < -0.4 is 5.46 Å². The van der Waals surface area contributed by atoms with Gasteiger partial charge in [0, 0.05) is 17.4 Å². The van der Waals surface area contributed by atoms with Crippen LogP contribution in [-0.2, 0) is 15.1 Å². The lowest BCUT2D eigenvalue weighted by Crippen LogP contribution is -2.41. The molecule has 0 N–H and O–H groups in total. The summed E-state index contributed by atoms with van der Waals surface area (Å²) in [5.74, 6) is -0.394. The summed E-state index contributed by atoms with van der Waals surface area (Å²) in [4.78, 5) is 13.1. The van der Waals surface area contributed by atoms with E-state index in [0.29, 0.717) is 17.1 Å². The van der Waals surface area contributed by atoms with Crippen LogP contribution in [0.1, 0.15) is 56.1 Å². The number of halogens is 2. The Bertz CT molecular complexity index is 914. The predicted octanol–water partition coefficient (Wildman–Crippen LogP) is 4.75. The summed E-state index contributed by atoms with van der Waals surface area (Å²) in [6.07, 6.45) is 0. The largest absolute Gasteiger partial charge is 0.495 e. The number of carbonyl (C=O) groups is 1. The molecule has 3 rings (SSSR count). The van der Waals surface area contributed by atoms with Gasteiger partial charge in [0.2, 0.25) is 0 Å². The van der Waals surface area contributed by atoms with E-state index in [1.54, 1.807) is 17.8 Å². The van der Waals surface area contributed by atoms with Crippen LogP contribution in [0.25, 0.3) is 0 Å². The Morgan fingerprint density at radius 1 is 1.00 bits per heavy atom. The maximum atomic E-state index is 14.3. The van der Waals surface area contributed by atoms with Gasteiger partial charge in [-0.05, 0) is 56.6 Å². The van der Waals surface area contributed by atoms with E-state index in [1.807, 2.05) is 39.8 Å². The minimum atomic E-state index is -0.888. The van der Waals surface area contributed by atoms with Crippen molar-refractivity contribution in [1.82, 2.24) is 0 Å². The average Bonchev–Trinajstić information content (AvgIpc) is 2.86. The second kappa shape index (κ2) is 8.21. The number of rotatable bonds is 6. The third kappa shape index (κ3) is 4.42. The number of benzene rings is 2. The van der Waals surface area contributed by atoms with Gasteiger partial charge in [0.15, 0.2) is 5.78 Å². The molecule has 2 aromatic rings. The van der Waals surface area contributed by atoms with Crippen molar-refractivity contribution in [2.24, 2.45) is 0 Å². The molecule has 1 saturated heterocycles. The van der Waals surface area contributed by atoms with Crippen LogP contribution in [-0.4, -0.2) is 29.9 Å². The van der Waals surface area contributed by atoms with E-state index in [1.165, 1.54) is 6.07 Å². The van der Waals surface area contributed by atoms with Gasteiger partial charge in [-0.2, -0.15) is 11.8 Å². The van der Waals surface area contributed by atoms with Gasteiger partial charge >= 0.3 is 7.12 Å². The van der Waals surface area contributed by atoms with Crippen molar-refractivity contribution in [2.75, 3.05) is 5.75 Å². The molecule has 0 radical (unpaired) electrons. The zero-order valence-electron chi connectivity index (χ0n) is 17.3. The summed E-state index contributed by atoms with van der Waals surface area (Å²) < 4.78 is 39.8. The van der Waals surface area contributed by atoms with E-state index in [2.05, 4.69) is 6.92 Å². The van der Waals surface area contributed by atoms with Gasteiger partial charge in [-0.3, -0.25) is 4.79 Å². The lowest BCUT2D eigenvalue weighted by atomic mass is 9.73. The van der Waals surface area contributed by atoms with E-state index >= 15 is 0 Å². The molecule has 1 aliphatic rings. The van der Waals surface area contributed by atoms with Gasteiger partial charge < -0.3 is 9.31 Å². The van der Waals surface area contributed by atoms with Crippen molar-refractivity contribution in [3.8, 4) is 0 Å². The number of hydrogen-bond donors (Lipinski definition) is 0. The third-order valence-corrected chi connectivity index (χ3v) is 6.46. The van der Waals surface area contributed by atoms with Crippen molar-refractivity contribution in [1.29, 1.82) is 0 Å². The predicted molar refractivity (Wildman–Crippen MR) is 114 cm³/mol. The second-order valence-electron chi connectivity index (χ2n) is 8.10. The quantitative estimate of drug-likeness (QED) is 0.501. The minimum Gasteiger partial charge on any atom is -0.399 e. The Morgan fingerprint density at radius 3 is 2.21 bits per heavy atom. The molecule has 0 bridgehead atoms. The lowest BCUT2D eigenvalue weighted by molar-refractivity contribution is 0.00578. The van der Waals surface area contributed by atoms with E-state index in [9.17, 15) is 13.6 Å². The lowest BCUT2D eigenvalue weighted by Gasteiger charge is -2.32. The van der Waals surface area contributed by atoms with Crippen molar-refractivity contribution in [2.45, 2.75) is 51.6 Å². The second-order valence-corrected chi connectivity index (χ2v) is 9.37. The summed E-state index contributed by atoms with van der Waals surface area (Å²) in [5, 5.41) is 0. The molecule has 1 heterocycles. The molecule has 1 aliphatic heterocycles. The molecule has 29 heavy (non-hydrogen) atoms. The highest BCUT2D eigenvalue weighted by atomic mass is 32.2. The highest BCUT2D eigenvalue weighted by molar-refractivity contribution is 7.98. The molecule has 0 amide bonds. The molecule has 2 aromatic carbocycles. The van der Waals surface area contributed by atoms with Crippen LogP contribution in [0.15, 0.2) is 36.4 Å². The minimum absolute atomic E-state index is 0.181. The van der Waals surface area contributed by atoms with Crippen molar-refractivity contribution in [3.05, 3.63) is 64.7 Å². The number of thioether (sulfide) groups is 1. The molecule has 3 nitrogen and oxygen atoms in total. The molecule has 0 aliphatic carbocycles. The van der Waals surface area contributed by atoms with Gasteiger partial charge in [-0.1, -0.05) is 25.1 Å². The maximum Gasteiger partial charge on any atom is 0.495 e. The first-order valence-electron chi connectivity index (χ1n) is 9.61. The topological polar surface area (TPSA) is 35.5 Å². The Kier molecular flexibility index (Phi) is 6.23. The first-order chi connectivity index (χ1) is 13.6. The molecule has 0 aromatic heterocycles. The average molecular weight is 418 g/mol. The molecular weight excluding hydrogens is 393 g/mol. The van der Waals surface area contributed by atoms with Crippen LogP contribution in [0.2, 0.25) is 0 Å². The van der Waals surface area contributed by atoms with Crippen LogP contribution in [0, 0.1) is 11.6 Å². The van der Waals surface area contributed by atoms with Gasteiger partial charge in [-0.15, -0.1) is 0 Å². The molecule has 1 fully saturated rings. The fourth-order valence-electron chi connectivity index (χ4n) is 3.11. The van der Waals surface area contributed by atoms with Gasteiger partial charge in [0.05, 0.1) is 16.8 Å². The molecule has 0 atom stereocenters. The molecular formula is C22H25BF2O3S. The Morgan fingerprint density at radius 2 is 1.62 bits per heavy atom. The van der Waals surface area contributed by atoms with E-state index in [-0.39, 0.29) is 5.56 Å². The van der Waals surface area contributed by atoms with Crippen LogP contribution in [0.5, 0.6) is 0 Å². The summed E-state index contributed by atoms with van der Waals surface area (Å²) in [6.45, 7) is 9.82. The van der Waals surface area contributed by atoms with Gasteiger partial charge in [-0.25, -0.2) is 8.78 Å². The molecule has 154 valence electrons. The highest BCUT2D eigenvalue weighted by Crippen LogP contribution is 2.37. The van der Waals surface area contributed by atoms with Gasteiger partial charge in [0.25, 0.3) is 0 Å². The highest BCUT2D eigenvalue weighted by Gasteiger charge is 2.52. The van der Waals surface area contributed by atoms with Crippen molar-refractivity contribution < 1.29 is 22.9 Å². The number of carbonyl (C=O) groups excluding carboxylic acids is 1. The van der Waals surface area contributed by atoms with Crippen LogP contribution >= 0.6 is 11.8 Å². The number of hydrogen-bond acceptors (Lipinski definition) is 4. The first kappa shape index (κ1) is 22.0. The summed E-state index contributed by atoms with van der Waals surface area (Å²) in [5.41, 5.74) is 0.545. The molecule has 7 heteroatoms. The zero-order valence-corrected chi connectivity index (χ0v) is 18.2. The smallest absolute Gasteiger partial charge is 0.399 e. The summed E-state index contributed by atoms with van der Waals surface area (Å²) >= 11 is 1.76. The maximum absolute atomic E-state index is 14.3. The fraction of sp³-hybridized carbons (Fsp3) is 0.409. The number of ketones is 1. The SMILES string of the molecule is CCSCc1ccc(C(=O)c2ccc(F)cc2F)c(B2OC(C)(C)C(C)(C)O2)c1. The van der Waals surface area contributed by atoms with Gasteiger partial charge in [0.1, 0.15) is 11.6 Å². The third-order valence-electron chi connectivity index (χ3n) is 5.52. The van der Waals surface area contributed by atoms with Crippen molar-refractivity contribution in [3.63, 3.8) is 0 Å². The fourth-order valence-corrected chi connectivity index (χ4v) is 3.73. The molecule has 0 saturated carbocycles. The normalized spacial score (nSPS) is 17.6. The monoisotopic (exact) mass is 418 g/mol. The first-order valence-corrected chi connectivity index (χ1v) is 10.8.